The summed E-state index contributed by atoms with van der Waals surface area (Å²) >= 11 is 0. The van der Waals surface area contributed by atoms with Crippen molar-refractivity contribution in [2.75, 3.05) is 5.32 Å². The molecule has 0 radical (unpaired) electrons. The highest BCUT2D eigenvalue weighted by atomic mass is 16.4. The zero-order valence-corrected chi connectivity index (χ0v) is 11.5. The first kappa shape index (κ1) is 12.6. The molecule has 0 saturated heterocycles. The van der Waals surface area contributed by atoms with Gasteiger partial charge in [0.1, 0.15) is 0 Å². The number of fused-ring (bicyclic) bond motifs is 1. The van der Waals surface area contributed by atoms with E-state index < -0.39 is 17.8 Å². The number of nitrogens with one attached hydrogen (secondary N) is 1. The minimum Gasteiger partial charge on any atom is -0.481 e. The number of aliphatic carboxylic acids is 1. The third-order valence-electron chi connectivity index (χ3n) is 5.28. The van der Waals surface area contributed by atoms with Crippen LogP contribution in [-0.2, 0) is 9.59 Å². The molecule has 4 nitrogen and oxygen atoms in total. The number of rotatable bonds is 3. The number of carboxylic acids is 1. The van der Waals surface area contributed by atoms with Crippen LogP contribution in [0.1, 0.15) is 6.42 Å². The van der Waals surface area contributed by atoms with Crippen LogP contribution in [0.3, 0.4) is 0 Å². The molecular weight excluding hydrogens is 266 g/mol. The maximum atomic E-state index is 12.6. The largest absolute Gasteiger partial charge is 0.481 e. The molecule has 5 rings (SSSR count). The quantitative estimate of drug-likeness (QED) is 0.837. The Morgan fingerprint density at radius 2 is 1.62 bits per heavy atom. The summed E-state index contributed by atoms with van der Waals surface area (Å²) in [6, 6.07) is 9.24. The summed E-state index contributed by atoms with van der Waals surface area (Å²) in [4.78, 5) is 24.3. The van der Waals surface area contributed by atoms with Gasteiger partial charge in [0, 0.05) is 5.69 Å². The lowest BCUT2D eigenvalue weighted by molar-refractivity contribution is -0.152. The van der Waals surface area contributed by atoms with Gasteiger partial charge in [-0.3, -0.25) is 9.59 Å². The second kappa shape index (κ2) is 4.45. The Kier molecular flexibility index (Phi) is 2.67. The number of para-hydroxylation sites is 1. The number of anilines is 1. The minimum atomic E-state index is -0.840. The van der Waals surface area contributed by atoms with Crippen molar-refractivity contribution in [1.82, 2.24) is 0 Å². The normalized spacial score (nSPS) is 38.7. The van der Waals surface area contributed by atoms with Gasteiger partial charge in [0.05, 0.1) is 11.8 Å². The van der Waals surface area contributed by atoms with Crippen LogP contribution < -0.4 is 5.32 Å². The Hall–Kier alpha value is -2.10. The lowest BCUT2D eigenvalue weighted by Gasteiger charge is -2.41. The number of carboxylic acid groups (broad SMARTS) is 1. The maximum absolute atomic E-state index is 12.6. The average molecular weight is 283 g/mol. The molecule has 4 aliphatic rings. The molecule has 2 saturated carbocycles. The Morgan fingerprint density at radius 1 is 1.00 bits per heavy atom. The molecule has 1 aromatic rings. The van der Waals surface area contributed by atoms with Crippen molar-refractivity contribution in [2.45, 2.75) is 6.42 Å². The van der Waals surface area contributed by atoms with Gasteiger partial charge in [0.25, 0.3) is 0 Å². The Labute approximate surface area is 122 Å². The van der Waals surface area contributed by atoms with Crippen LogP contribution in [0.25, 0.3) is 0 Å². The van der Waals surface area contributed by atoms with Crippen LogP contribution in [0.5, 0.6) is 0 Å². The highest BCUT2D eigenvalue weighted by molar-refractivity contribution is 5.96. The fourth-order valence-electron chi connectivity index (χ4n) is 4.32. The van der Waals surface area contributed by atoms with Crippen LogP contribution >= 0.6 is 0 Å². The topological polar surface area (TPSA) is 66.4 Å². The van der Waals surface area contributed by atoms with Gasteiger partial charge in [-0.2, -0.15) is 0 Å². The zero-order valence-electron chi connectivity index (χ0n) is 11.5. The number of benzene rings is 1. The number of hydrogen-bond acceptors (Lipinski definition) is 2. The van der Waals surface area contributed by atoms with Crippen molar-refractivity contribution in [3.8, 4) is 0 Å². The van der Waals surface area contributed by atoms with Gasteiger partial charge in [-0.25, -0.2) is 0 Å². The van der Waals surface area contributed by atoms with Crippen molar-refractivity contribution in [3.63, 3.8) is 0 Å². The summed E-state index contributed by atoms with van der Waals surface area (Å²) in [5.41, 5.74) is 0.726. The minimum absolute atomic E-state index is 0.0315. The molecule has 4 aliphatic carbocycles. The average Bonchev–Trinajstić information content (AvgIpc) is 3.29. The molecule has 21 heavy (non-hydrogen) atoms. The lowest BCUT2D eigenvalue weighted by Crippen LogP contribution is -2.48. The summed E-state index contributed by atoms with van der Waals surface area (Å²) < 4.78 is 0. The monoisotopic (exact) mass is 283 g/mol. The molecule has 1 aromatic carbocycles. The fourth-order valence-corrected chi connectivity index (χ4v) is 4.32. The standard InChI is InChI=1S/C17H17NO3/c19-16(18-9-4-2-1-3-5-9)14-10-6-7-11(13-8-12(10)13)15(14)17(20)21/h1-7,10-15H,8H2,(H,18,19)(H,20,21)/t10-,11-,12-,13+,14-,15+/m0/s1. The van der Waals surface area contributed by atoms with Gasteiger partial charge in [-0.05, 0) is 42.2 Å². The predicted octanol–water partition coefficient (Wildman–Crippen LogP) is 2.39. The summed E-state index contributed by atoms with van der Waals surface area (Å²) in [6.45, 7) is 0. The molecule has 0 spiro atoms. The van der Waals surface area contributed by atoms with E-state index in [1.54, 1.807) is 0 Å². The molecular formula is C17H17NO3. The van der Waals surface area contributed by atoms with Gasteiger partial charge in [-0.15, -0.1) is 0 Å². The molecule has 1 amide bonds. The maximum Gasteiger partial charge on any atom is 0.307 e. The Balaban J connectivity index is 1.62. The number of carbonyl (C=O) groups excluding carboxylic acids is 1. The van der Waals surface area contributed by atoms with Crippen molar-refractivity contribution in [1.29, 1.82) is 0 Å². The van der Waals surface area contributed by atoms with E-state index in [-0.39, 0.29) is 17.7 Å². The van der Waals surface area contributed by atoms with Crippen LogP contribution in [-0.4, -0.2) is 17.0 Å². The molecule has 4 heteroatoms. The highest BCUT2D eigenvalue weighted by Gasteiger charge is 2.62. The summed E-state index contributed by atoms with van der Waals surface area (Å²) in [7, 11) is 0. The number of allylic oxidation sites excluding steroid dienone is 2. The molecule has 0 aliphatic heterocycles. The third-order valence-corrected chi connectivity index (χ3v) is 5.28. The van der Waals surface area contributed by atoms with Gasteiger partial charge in [0.2, 0.25) is 5.91 Å². The second-order valence-corrected chi connectivity index (χ2v) is 6.35. The van der Waals surface area contributed by atoms with E-state index in [2.05, 4.69) is 11.4 Å². The molecule has 0 aromatic heterocycles. The van der Waals surface area contributed by atoms with Crippen LogP contribution in [0.2, 0.25) is 0 Å². The Morgan fingerprint density at radius 3 is 2.24 bits per heavy atom. The van der Waals surface area contributed by atoms with E-state index in [0.717, 1.165) is 12.1 Å². The molecule has 6 atom stereocenters. The zero-order chi connectivity index (χ0) is 14.6. The SMILES string of the molecule is O=C(O)[C@@H]1[C@H]2C=C[C@@H]([C@@H]3C[C@H]23)[C@@H]1C(=O)Nc1ccccc1. The molecule has 0 unspecified atom stereocenters. The molecule has 2 fully saturated rings. The smallest absolute Gasteiger partial charge is 0.307 e. The fraction of sp³-hybridized carbons (Fsp3) is 0.412. The molecule has 2 bridgehead atoms. The van der Waals surface area contributed by atoms with Crippen molar-refractivity contribution < 1.29 is 14.7 Å². The van der Waals surface area contributed by atoms with Gasteiger partial charge < -0.3 is 10.4 Å². The third kappa shape index (κ3) is 1.89. The van der Waals surface area contributed by atoms with E-state index in [0.29, 0.717) is 11.8 Å². The first-order valence-electron chi connectivity index (χ1n) is 7.44. The predicted molar refractivity (Wildman–Crippen MR) is 77.4 cm³/mol. The summed E-state index contributed by atoms with van der Waals surface area (Å²) in [5.74, 6) is -0.891. The van der Waals surface area contributed by atoms with E-state index in [1.165, 1.54) is 0 Å². The van der Waals surface area contributed by atoms with E-state index in [9.17, 15) is 14.7 Å². The molecule has 0 heterocycles. The van der Waals surface area contributed by atoms with E-state index in [1.807, 2.05) is 36.4 Å². The summed E-state index contributed by atoms with van der Waals surface area (Å²) in [5, 5.41) is 12.5. The summed E-state index contributed by atoms with van der Waals surface area (Å²) in [6.07, 6.45) is 5.18. The van der Waals surface area contributed by atoms with Crippen molar-refractivity contribution in [3.05, 3.63) is 42.5 Å². The van der Waals surface area contributed by atoms with Crippen LogP contribution in [0.4, 0.5) is 5.69 Å². The van der Waals surface area contributed by atoms with Crippen molar-refractivity contribution >= 4 is 17.6 Å². The first-order chi connectivity index (χ1) is 10.2. The van der Waals surface area contributed by atoms with E-state index in [4.69, 9.17) is 0 Å². The number of amides is 1. The number of carbonyl (C=O) groups is 2. The lowest BCUT2D eigenvalue weighted by atomic mass is 9.62. The van der Waals surface area contributed by atoms with E-state index >= 15 is 0 Å². The second-order valence-electron chi connectivity index (χ2n) is 6.35. The van der Waals surface area contributed by atoms with Gasteiger partial charge >= 0.3 is 5.97 Å². The molecule has 2 N–H and O–H groups in total. The van der Waals surface area contributed by atoms with Crippen LogP contribution in [0, 0.1) is 35.5 Å². The molecule has 108 valence electrons. The number of hydrogen-bond donors (Lipinski definition) is 2. The van der Waals surface area contributed by atoms with Crippen LogP contribution in [0.15, 0.2) is 42.5 Å². The highest BCUT2D eigenvalue weighted by Crippen LogP contribution is 2.63. The van der Waals surface area contributed by atoms with Gasteiger partial charge in [0.15, 0.2) is 0 Å². The first-order valence-corrected chi connectivity index (χ1v) is 7.44. The Bertz CT molecular complexity index is 624. The van der Waals surface area contributed by atoms with Gasteiger partial charge in [-0.1, -0.05) is 30.4 Å². The van der Waals surface area contributed by atoms with Crippen molar-refractivity contribution in [2.24, 2.45) is 35.5 Å².